The van der Waals surface area contributed by atoms with Crippen molar-refractivity contribution in [3.05, 3.63) is 29.0 Å². The summed E-state index contributed by atoms with van der Waals surface area (Å²) in [5.41, 5.74) is -3.57. The highest BCUT2D eigenvalue weighted by Gasteiger charge is 2.69. The molecule has 3 fully saturated rings. The van der Waals surface area contributed by atoms with Crippen molar-refractivity contribution in [2.45, 2.75) is 66.8 Å². The van der Waals surface area contributed by atoms with Crippen molar-refractivity contribution < 1.29 is 35.6 Å². The minimum Gasteiger partial charge on any atom is -0.338 e. The van der Waals surface area contributed by atoms with E-state index in [-0.39, 0.29) is 25.7 Å². The number of alkyl halides is 3. The molecule has 0 radical (unpaired) electrons. The lowest BCUT2D eigenvalue weighted by Crippen LogP contribution is -2.47. The van der Waals surface area contributed by atoms with Gasteiger partial charge in [-0.1, -0.05) is 11.6 Å². The maximum Gasteiger partial charge on any atom is 0.401 e. The van der Waals surface area contributed by atoms with Gasteiger partial charge in [0.2, 0.25) is 5.91 Å². The first-order valence-corrected chi connectivity index (χ1v) is 12.7. The van der Waals surface area contributed by atoms with E-state index in [2.05, 4.69) is 5.32 Å². The van der Waals surface area contributed by atoms with Crippen LogP contribution < -0.4 is 5.32 Å². The standard InChI is InChI=1S/C22H21ClF4N2O4S/c23-16-10-14(24)1-2-17(16)34(32,33)15-8-12(18(30)21(5-6-21)22(25,26)27)7-13(9-15)19(31)29-20(11-28)3-4-20/h1-2,10,12-13,15H,3-9H2,(H,29,31). The maximum absolute atomic E-state index is 13.6. The monoisotopic (exact) mass is 520 g/mol. The topological polar surface area (TPSA) is 104 Å². The van der Waals surface area contributed by atoms with Gasteiger partial charge in [0.25, 0.3) is 0 Å². The number of Topliss-reactive ketones (excluding diaryl/α,β-unsaturated/α-hetero) is 1. The van der Waals surface area contributed by atoms with Gasteiger partial charge in [-0.3, -0.25) is 9.59 Å². The smallest absolute Gasteiger partial charge is 0.338 e. The molecule has 1 aromatic carbocycles. The number of sulfone groups is 1. The number of hydrogen-bond acceptors (Lipinski definition) is 5. The van der Waals surface area contributed by atoms with E-state index in [9.17, 15) is 40.8 Å². The summed E-state index contributed by atoms with van der Waals surface area (Å²) in [6, 6.07) is 4.62. The Balaban J connectivity index is 1.66. The number of ketones is 1. The Bertz CT molecular complexity index is 1190. The molecule has 3 aliphatic rings. The number of halogens is 5. The second kappa shape index (κ2) is 8.19. The molecule has 4 rings (SSSR count). The van der Waals surface area contributed by atoms with Crippen LogP contribution in [0, 0.1) is 34.4 Å². The third kappa shape index (κ3) is 4.31. The lowest BCUT2D eigenvalue weighted by atomic mass is 9.74. The minimum atomic E-state index is -4.77. The summed E-state index contributed by atoms with van der Waals surface area (Å²) in [4.78, 5) is 25.5. The fourth-order valence-corrected chi connectivity index (χ4v) is 7.16. The van der Waals surface area contributed by atoms with Crippen LogP contribution in [0.25, 0.3) is 0 Å². The van der Waals surface area contributed by atoms with Crippen LogP contribution in [-0.2, 0) is 19.4 Å². The highest BCUT2D eigenvalue weighted by Crippen LogP contribution is 2.60. The van der Waals surface area contributed by atoms with Crippen LogP contribution in [0.5, 0.6) is 0 Å². The molecular formula is C22H21ClF4N2O4S. The van der Waals surface area contributed by atoms with Crippen LogP contribution in [0.15, 0.2) is 23.1 Å². The van der Waals surface area contributed by atoms with Gasteiger partial charge < -0.3 is 5.32 Å². The lowest BCUT2D eigenvalue weighted by Gasteiger charge is -2.35. The van der Waals surface area contributed by atoms with Crippen molar-refractivity contribution >= 4 is 33.1 Å². The number of amides is 1. The molecule has 0 aromatic heterocycles. The Labute approximate surface area is 198 Å². The van der Waals surface area contributed by atoms with Gasteiger partial charge in [-0.05, 0) is 63.1 Å². The van der Waals surface area contributed by atoms with E-state index >= 15 is 0 Å². The molecule has 6 nitrogen and oxygen atoms in total. The SMILES string of the molecule is N#CC1(NC(=O)C2CC(C(=O)C3(C(F)(F)F)CC3)CC(S(=O)(=O)c3ccc(F)cc3Cl)C2)CC1. The van der Waals surface area contributed by atoms with Crippen LogP contribution in [0.3, 0.4) is 0 Å². The molecule has 0 aliphatic heterocycles. The number of nitriles is 1. The molecule has 3 unspecified atom stereocenters. The Morgan fingerprint density at radius 2 is 1.71 bits per heavy atom. The number of nitrogens with one attached hydrogen (secondary N) is 1. The molecule has 1 aromatic rings. The van der Waals surface area contributed by atoms with Crippen LogP contribution >= 0.6 is 11.6 Å². The van der Waals surface area contributed by atoms with E-state index < -0.39 is 77.9 Å². The molecule has 34 heavy (non-hydrogen) atoms. The average Bonchev–Trinajstić information content (AvgIpc) is 3.67. The van der Waals surface area contributed by atoms with E-state index in [1.54, 1.807) is 0 Å². The molecular weight excluding hydrogens is 500 g/mol. The molecule has 0 bridgehead atoms. The quantitative estimate of drug-likeness (QED) is 0.449. The number of benzene rings is 1. The maximum atomic E-state index is 13.6. The van der Waals surface area contributed by atoms with E-state index in [1.165, 1.54) is 0 Å². The van der Waals surface area contributed by atoms with Crippen LogP contribution in [-0.4, -0.2) is 37.1 Å². The molecule has 12 heteroatoms. The second-order valence-corrected chi connectivity index (χ2v) is 12.1. The fourth-order valence-electron chi connectivity index (χ4n) is 4.75. The molecule has 3 saturated carbocycles. The molecule has 0 spiro atoms. The second-order valence-electron chi connectivity index (χ2n) is 9.47. The summed E-state index contributed by atoms with van der Waals surface area (Å²) in [5, 5.41) is 10.0. The zero-order valence-corrected chi connectivity index (χ0v) is 19.4. The van der Waals surface area contributed by atoms with Gasteiger partial charge in [-0.15, -0.1) is 0 Å². The zero-order valence-electron chi connectivity index (χ0n) is 17.8. The summed E-state index contributed by atoms with van der Waals surface area (Å²) >= 11 is 5.94. The number of nitrogens with zero attached hydrogens (tertiary/aromatic N) is 1. The van der Waals surface area contributed by atoms with Gasteiger partial charge in [0.1, 0.15) is 16.8 Å². The first-order valence-electron chi connectivity index (χ1n) is 10.8. The van der Waals surface area contributed by atoms with E-state index in [0.717, 1.165) is 18.2 Å². The third-order valence-electron chi connectivity index (χ3n) is 7.14. The zero-order chi connectivity index (χ0) is 25.1. The molecule has 3 atom stereocenters. The lowest BCUT2D eigenvalue weighted by molar-refractivity contribution is -0.194. The predicted octanol–water partition coefficient (Wildman–Crippen LogP) is 4.12. The summed E-state index contributed by atoms with van der Waals surface area (Å²) < 4.78 is 81.0. The van der Waals surface area contributed by atoms with Crippen LogP contribution in [0.1, 0.15) is 44.9 Å². The van der Waals surface area contributed by atoms with Gasteiger partial charge in [-0.2, -0.15) is 18.4 Å². The van der Waals surface area contributed by atoms with E-state index in [1.807, 2.05) is 6.07 Å². The van der Waals surface area contributed by atoms with Crippen molar-refractivity contribution in [2.24, 2.45) is 17.3 Å². The number of hydrogen-bond donors (Lipinski definition) is 1. The van der Waals surface area contributed by atoms with Crippen LogP contribution in [0.4, 0.5) is 17.6 Å². The Morgan fingerprint density at radius 1 is 1.09 bits per heavy atom. The summed E-state index contributed by atoms with van der Waals surface area (Å²) in [6.45, 7) is 0. The van der Waals surface area contributed by atoms with Crippen LogP contribution in [0.2, 0.25) is 5.02 Å². The highest BCUT2D eigenvalue weighted by atomic mass is 35.5. The molecule has 184 valence electrons. The minimum absolute atomic E-state index is 0.243. The largest absolute Gasteiger partial charge is 0.401 e. The predicted molar refractivity (Wildman–Crippen MR) is 112 cm³/mol. The Kier molecular flexibility index (Phi) is 6.00. The van der Waals surface area contributed by atoms with Crippen molar-refractivity contribution in [3.63, 3.8) is 0 Å². The summed E-state index contributed by atoms with van der Waals surface area (Å²) in [5.74, 6) is -4.95. The molecule has 0 saturated heterocycles. The summed E-state index contributed by atoms with van der Waals surface area (Å²) in [7, 11) is -4.31. The number of rotatable bonds is 6. The van der Waals surface area contributed by atoms with Crippen molar-refractivity contribution in [1.82, 2.24) is 5.32 Å². The average molecular weight is 521 g/mol. The van der Waals surface area contributed by atoms with Crippen molar-refractivity contribution in [3.8, 4) is 6.07 Å². The van der Waals surface area contributed by atoms with Gasteiger partial charge in [-0.25, -0.2) is 12.8 Å². The molecule has 1 amide bonds. The number of carbonyl (C=O) groups is 2. The Hall–Kier alpha value is -2.19. The Morgan fingerprint density at radius 3 is 2.21 bits per heavy atom. The van der Waals surface area contributed by atoms with Gasteiger partial charge >= 0.3 is 6.18 Å². The van der Waals surface area contributed by atoms with Gasteiger partial charge in [0, 0.05) is 11.8 Å². The highest BCUT2D eigenvalue weighted by molar-refractivity contribution is 7.92. The summed E-state index contributed by atoms with van der Waals surface area (Å²) in [6.07, 6.45) is -5.60. The van der Waals surface area contributed by atoms with E-state index in [4.69, 9.17) is 11.6 Å². The first kappa shape index (κ1) is 24.9. The van der Waals surface area contributed by atoms with E-state index in [0.29, 0.717) is 12.8 Å². The molecule has 1 N–H and O–H groups in total. The van der Waals surface area contributed by atoms with Crippen molar-refractivity contribution in [2.75, 3.05) is 0 Å². The molecule has 0 heterocycles. The third-order valence-corrected chi connectivity index (χ3v) is 9.79. The first-order chi connectivity index (χ1) is 15.7. The number of carbonyl (C=O) groups excluding carboxylic acids is 2. The molecule has 3 aliphatic carbocycles. The van der Waals surface area contributed by atoms with Crippen molar-refractivity contribution in [1.29, 1.82) is 5.26 Å². The fraction of sp³-hybridized carbons (Fsp3) is 0.591. The van der Waals surface area contributed by atoms with Gasteiger partial charge in [0.15, 0.2) is 15.6 Å². The van der Waals surface area contributed by atoms with Gasteiger partial charge in [0.05, 0.1) is 21.2 Å². The normalized spacial score (nSPS) is 27.4.